The van der Waals surface area contributed by atoms with Gasteiger partial charge in [-0.25, -0.2) is 0 Å². The zero-order valence-electron chi connectivity index (χ0n) is 8.06. The molecule has 0 atom stereocenters. The minimum atomic E-state index is 0.437. The maximum absolute atomic E-state index is 10.8. The first-order valence-electron chi connectivity index (χ1n) is 4.63. The summed E-state index contributed by atoms with van der Waals surface area (Å²) in [5.41, 5.74) is 2.60. The average Bonchev–Trinajstić information content (AvgIpc) is 2.76. The molecule has 0 N–H and O–H groups in total. The minimum absolute atomic E-state index is 0.437. The Morgan fingerprint density at radius 3 is 2.73 bits per heavy atom. The summed E-state index contributed by atoms with van der Waals surface area (Å²) in [6.07, 6.45) is 2.69. The van der Waals surface area contributed by atoms with E-state index >= 15 is 0 Å². The summed E-state index contributed by atoms with van der Waals surface area (Å²) >= 11 is 5.84. The SMILES string of the molecule is O=Cc1cccn1-c1ccccc1CCl. The molecule has 0 saturated heterocycles. The normalized spacial score (nSPS) is 10.2. The molecule has 2 nitrogen and oxygen atoms in total. The maximum atomic E-state index is 10.8. The van der Waals surface area contributed by atoms with Crippen LogP contribution in [0.5, 0.6) is 0 Å². The molecule has 0 unspecified atom stereocenters. The molecule has 15 heavy (non-hydrogen) atoms. The number of carbonyl (C=O) groups excluding carboxylic acids is 1. The Labute approximate surface area is 93.1 Å². The second-order valence-corrected chi connectivity index (χ2v) is 3.45. The molecule has 1 aromatic heterocycles. The predicted octanol–water partition coefficient (Wildman–Crippen LogP) is 3.03. The first-order valence-corrected chi connectivity index (χ1v) is 5.17. The molecule has 0 aliphatic rings. The highest BCUT2D eigenvalue weighted by Crippen LogP contribution is 2.18. The highest BCUT2D eigenvalue weighted by Gasteiger charge is 2.05. The van der Waals surface area contributed by atoms with E-state index in [-0.39, 0.29) is 0 Å². The van der Waals surface area contributed by atoms with Crippen molar-refractivity contribution in [1.82, 2.24) is 4.57 Å². The fourth-order valence-electron chi connectivity index (χ4n) is 1.57. The summed E-state index contributed by atoms with van der Waals surface area (Å²) in [6.45, 7) is 0. The highest BCUT2D eigenvalue weighted by atomic mass is 35.5. The van der Waals surface area contributed by atoms with Gasteiger partial charge in [0.15, 0.2) is 6.29 Å². The molecular weight excluding hydrogens is 210 g/mol. The van der Waals surface area contributed by atoms with Crippen LogP contribution in [0.4, 0.5) is 0 Å². The van der Waals surface area contributed by atoms with Crippen LogP contribution in [-0.2, 0) is 5.88 Å². The van der Waals surface area contributed by atoms with E-state index in [1.165, 1.54) is 0 Å². The minimum Gasteiger partial charge on any atom is -0.314 e. The molecule has 0 bridgehead atoms. The molecule has 3 heteroatoms. The average molecular weight is 220 g/mol. The molecule has 0 amide bonds. The van der Waals surface area contributed by atoms with Crippen molar-refractivity contribution in [2.24, 2.45) is 0 Å². The van der Waals surface area contributed by atoms with E-state index in [9.17, 15) is 4.79 Å². The van der Waals surface area contributed by atoms with Gasteiger partial charge >= 0.3 is 0 Å². The molecular formula is C12H10ClNO. The van der Waals surface area contributed by atoms with Crippen LogP contribution in [0, 0.1) is 0 Å². The number of nitrogens with zero attached hydrogens (tertiary/aromatic N) is 1. The lowest BCUT2D eigenvalue weighted by atomic mass is 10.2. The molecule has 0 aliphatic carbocycles. The van der Waals surface area contributed by atoms with Crippen molar-refractivity contribution in [3.63, 3.8) is 0 Å². The second kappa shape index (κ2) is 4.32. The number of halogens is 1. The largest absolute Gasteiger partial charge is 0.314 e. The van der Waals surface area contributed by atoms with E-state index in [1.807, 2.05) is 41.1 Å². The quantitative estimate of drug-likeness (QED) is 0.575. The van der Waals surface area contributed by atoms with Crippen molar-refractivity contribution in [3.05, 3.63) is 53.9 Å². The zero-order valence-corrected chi connectivity index (χ0v) is 8.82. The van der Waals surface area contributed by atoms with Gasteiger partial charge in [0.1, 0.15) is 0 Å². The Kier molecular flexibility index (Phi) is 2.88. The summed E-state index contributed by atoms with van der Waals surface area (Å²) in [5.74, 6) is 0.437. The first-order chi connectivity index (χ1) is 7.36. The van der Waals surface area contributed by atoms with Gasteiger partial charge in [-0.05, 0) is 23.8 Å². The van der Waals surface area contributed by atoms with Crippen LogP contribution in [0.1, 0.15) is 16.1 Å². The second-order valence-electron chi connectivity index (χ2n) is 3.18. The molecule has 1 heterocycles. The van der Waals surface area contributed by atoms with Gasteiger partial charge in [0.2, 0.25) is 0 Å². The van der Waals surface area contributed by atoms with E-state index < -0.39 is 0 Å². The number of aromatic nitrogens is 1. The van der Waals surface area contributed by atoms with Gasteiger partial charge in [0.05, 0.1) is 11.4 Å². The number of hydrogen-bond donors (Lipinski definition) is 0. The van der Waals surface area contributed by atoms with Crippen LogP contribution in [0.25, 0.3) is 5.69 Å². The van der Waals surface area contributed by atoms with Crippen molar-refractivity contribution < 1.29 is 4.79 Å². The Balaban J connectivity index is 2.58. The van der Waals surface area contributed by atoms with E-state index in [0.29, 0.717) is 11.6 Å². The summed E-state index contributed by atoms with van der Waals surface area (Å²) < 4.78 is 1.84. The van der Waals surface area contributed by atoms with Crippen LogP contribution in [-0.4, -0.2) is 10.9 Å². The Morgan fingerprint density at radius 1 is 1.20 bits per heavy atom. The molecule has 0 saturated carbocycles. The Bertz CT molecular complexity index is 476. The van der Waals surface area contributed by atoms with Crippen LogP contribution in [0.15, 0.2) is 42.6 Å². The fourth-order valence-corrected chi connectivity index (χ4v) is 1.79. The first kappa shape index (κ1) is 9.99. The molecule has 0 fully saturated rings. The number of carbonyl (C=O) groups is 1. The van der Waals surface area contributed by atoms with Crippen LogP contribution in [0.3, 0.4) is 0 Å². The van der Waals surface area contributed by atoms with Gasteiger partial charge < -0.3 is 4.57 Å². The van der Waals surface area contributed by atoms with Crippen molar-refractivity contribution >= 4 is 17.9 Å². The Hall–Kier alpha value is -1.54. The van der Waals surface area contributed by atoms with Crippen molar-refractivity contribution in [3.8, 4) is 5.69 Å². The van der Waals surface area contributed by atoms with E-state index in [4.69, 9.17) is 11.6 Å². The zero-order chi connectivity index (χ0) is 10.7. The monoisotopic (exact) mass is 219 g/mol. The van der Waals surface area contributed by atoms with E-state index in [0.717, 1.165) is 17.5 Å². The third kappa shape index (κ3) is 1.81. The maximum Gasteiger partial charge on any atom is 0.166 e. The fraction of sp³-hybridized carbons (Fsp3) is 0.0833. The van der Waals surface area contributed by atoms with Gasteiger partial charge in [-0.2, -0.15) is 0 Å². The van der Waals surface area contributed by atoms with Crippen molar-refractivity contribution in [2.75, 3.05) is 0 Å². The smallest absolute Gasteiger partial charge is 0.166 e. The van der Waals surface area contributed by atoms with E-state index in [2.05, 4.69) is 0 Å². The third-order valence-corrected chi connectivity index (χ3v) is 2.58. The highest BCUT2D eigenvalue weighted by molar-refractivity contribution is 6.17. The summed E-state index contributed by atoms with van der Waals surface area (Å²) in [7, 11) is 0. The topological polar surface area (TPSA) is 22.0 Å². The van der Waals surface area contributed by atoms with Crippen molar-refractivity contribution in [1.29, 1.82) is 0 Å². The molecule has 1 aromatic carbocycles. The number of benzene rings is 1. The van der Waals surface area contributed by atoms with Gasteiger partial charge in [-0.3, -0.25) is 4.79 Å². The van der Waals surface area contributed by atoms with Crippen molar-refractivity contribution in [2.45, 2.75) is 5.88 Å². The summed E-state index contributed by atoms with van der Waals surface area (Å²) in [6, 6.07) is 11.4. The molecule has 76 valence electrons. The third-order valence-electron chi connectivity index (χ3n) is 2.30. The molecule has 2 rings (SSSR count). The number of rotatable bonds is 3. The Morgan fingerprint density at radius 2 is 2.00 bits per heavy atom. The van der Waals surface area contributed by atoms with Crippen LogP contribution < -0.4 is 0 Å². The predicted molar refractivity (Wildman–Crippen MR) is 60.7 cm³/mol. The van der Waals surface area contributed by atoms with E-state index in [1.54, 1.807) is 6.07 Å². The number of hydrogen-bond acceptors (Lipinski definition) is 1. The molecule has 0 aliphatic heterocycles. The molecule has 0 spiro atoms. The number of alkyl halides is 1. The van der Waals surface area contributed by atoms with Crippen LogP contribution >= 0.6 is 11.6 Å². The van der Waals surface area contributed by atoms with Crippen LogP contribution in [0.2, 0.25) is 0 Å². The standard InChI is InChI=1S/C12H10ClNO/c13-8-10-4-1-2-6-12(10)14-7-3-5-11(14)9-15/h1-7,9H,8H2. The lowest BCUT2D eigenvalue weighted by molar-refractivity contribution is 0.111. The summed E-state index contributed by atoms with van der Waals surface area (Å²) in [4.78, 5) is 10.8. The van der Waals surface area contributed by atoms with Gasteiger partial charge in [0, 0.05) is 12.1 Å². The molecule has 2 aromatic rings. The lowest BCUT2D eigenvalue weighted by Crippen LogP contribution is -2.00. The number of aldehydes is 1. The van der Waals surface area contributed by atoms with Gasteiger partial charge in [-0.15, -0.1) is 11.6 Å². The van der Waals surface area contributed by atoms with Gasteiger partial charge in [-0.1, -0.05) is 18.2 Å². The molecule has 0 radical (unpaired) electrons. The van der Waals surface area contributed by atoms with Gasteiger partial charge in [0.25, 0.3) is 0 Å². The summed E-state index contributed by atoms with van der Waals surface area (Å²) in [5, 5.41) is 0. The number of para-hydroxylation sites is 1. The lowest BCUT2D eigenvalue weighted by Gasteiger charge is -2.09.